The van der Waals surface area contributed by atoms with Gasteiger partial charge in [-0.1, -0.05) is 108 Å². The van der Waals surface area contributed by atoms with Crippen LogP contribution in [-0.4, -0.2) is 24.7 Å². The highest BCUT2D eigenvalue weighted by Gasteiger charge is 2.24. The number of hydrogen-bond acceptors (Lipinski definition) is 2. The average molecular weight is 638 g/mol. The Balaban J connectivity index is 1.27. The van der Waals surface area contributed by atoms with E-state index in [0.717, 1.165) is 61.3 Å². The van der Waals surface area contributed by atoms with Crippen LogP contribution in [0, 0.1) is 0 Å². The van der Waals surface area contributed by atoms with Gasteiger partial charge in [-0.25, -0.2) is 9.67 Å². The first-order chi connectivity index (χ1) is 23.5. The molecule has 5 aromatic carbocycles. The second-order valence-corrected chi connectivity index (χ2v) is 15.4. The Labute approximate surface area is 285 Å². The van der Waals surface area contributed by atoms with Gasteiger partial charge in [0.05, 0.1) is 22.2 Å². The molecule has 4 heterocycles. The van der Waals surface area contributed by atoms with E-state index in [1.165, 1.54) is 32.7 Å². The summed E-state index contributed by atoms with van der Waals surface area (Å²) in [7, 11) is 0. The smallest absolute Gasteiger partial charge is 0.154 e. The molecule has 0 amide bonds. The van der Waals surface area contributed by atoms with Crippen LogP contribution >= 0.6 is 0 Å². The Morgan fingerprint density at radius 1 is 0.510 bits per heavy atom. The highest BCUT2D eigenvalue weighted by atomic mass is 15.3. The van der Waals surface area contributed by atoms with Gasteiger partial charge in [-0.15, -0.1) is 0 Å². The fourth-order valence-electron chi connectivity index (χ4n) is 7.30. The molecule has 0 saturated heterocycles. The molecule has 0 bridgehead atoms. The Morgan fingerprint density at radius 3 is 1.96 bits per heavy atom. The first kappa shape index (κ1) is 29.5. The van der Waals surface area contributed by atoms with Crippen LogP contribution in [0.2, 0.25) is 0 Å². The summed E-state index contributed by atoms with van der Waals surface area (Å²) in [6.07, 6.45) is 0. The van der Waals surface area contributed by atoms with Crippen LogP contribution in [0.25, 0.3) is 82.8 Å². The van der Waals surface area contributed by atoms with Crippen LogP contribution in [0.4, 0.5) is 0 Å². The van der Waals surface area contributed by atoms with E-state index in [0.29, 0.717) is 0 Å². The first-order valence-corrected chi connectivity index (χ1v) is 17.1. The van der Waals surface area contributed by atoms with Crippen LogP contribution < -0.4 is 0 Å². The van der Waals surface area contributed by atoms with Crippen molar-refractivity contribution in [3.63, 3.8) is 0 Å². The van der Waals surface area contributed by atoms with Gasteiger partial charge >= 0.3 is 0 Å². The summed E-state index contributed by atoms with van der Waals surface area (Å²) in [5.74, 6) is 0.780. The number of pyridine rings is 1. The summed E-state index contributed by atoms with van der Waals surface area (Å²) in [6.45, 7) is 13.7. The van der Waals surface area contributed by atoms with Crippen molar-refractivity contribution in [2.75, 3.05) is 0 Å². The molecule has 0 aliphatic rings. The number of hydrogen-bond donors (Lipinski definition) is 2. The van der Waals surface area contributed by atoms with Gasteiger partial charge < -0.3 is 9.97 Å². The maximum Gasteiger partial charge on any atom is 0.154 e. The van der Waals surface area contributed by atoms with E-state index in [2.05, 4.69) is 167 Å². The van der Waals surface area contributed by atoms with Crippen molar-refractivity contribution in [2.45, 2.75) is 52.4 Å². The number of nitrogens with one attached hydrogen (secondary N) is 2. The van der Waals surface area contributed by atoms with Gasteiger partial charge in [0.1, 0.15) is 5.69 Å². The summed E-state index contributed by atoms with van der Waals surface area (Å²) in [4.78, 5) is 12.7. The molecule has 240 valence electrons. The van der Waals surface area contributed by atoms with E-state index in [-0.39, 0.29) is 10.8 Å². The molecule has 0 aliphatic carbocycles. The number of para-hydroxylation sites is 3. The topological polar surface area (TPSA) is 62.3 Å². The second-order valence-electron chi connectivity index (χ2n) is 15.4. The summed E-state index contributed by atoms with van der Waals surface area (Å²) in [5, 5.41) is 11.4. The summed E-state index contributed by atoms with van der Waals surface area (Å²) < 4.78 is 2.01. The number of H-pyrrole nitrogens is 2. The fraction of sp³-hybridized carbons (Fsp3) is 0.182. The minimum Gasteiger partial charge on any atom is -0.354 e. The predicted octanol–water partition coefficient (Wildman–Crippen LogP) is 11.6. The number of benzene rings is 5. The summed E-state index contributed by atoms with van der Waals surface area (Å²) in [5.41, 5.74) is 12.1. The number of aromatic amines is 2. The molecule has 9 rings (SSSR count). The van der Waals surface area contributed by atoms with Gasteiger partial charge in [-0.05, 0) is 70.5 Å². The van der Waals surface area contributed by atoms with Crippen LogP contribution in [0.1, 0.15) is 52.7 Å². The third-order valence-electron chi connectivity index (χ3n) is 10.1. The second kappa shape index (κ2) is 10.4. The average Bonchev–Trinajstić information content (AvgIpc) is 3.78. The molecule has 0 atom stereocenters. The van der Waals surface area contributed by atoms with Crippen LogP contribution in [0.3, 0.4) is 0 Å². The van der Waals surface area contributed by atoms with Crippen molar-refractivity contribution in [3.8, 4) is 28.3 Å². The maximum atomic E-state index is 5.39. The van der Waals surface area contributed by atoms with E-state index in [4.69, 9.17) is 10.1 Å². The summed E-state index contributed by atoms with van der Waals surface area (Å²) >= 11 is 0. The molecule has 4 aromatic heterocycles. The maximum absolute atomic E-state index is 5.39. The largest absolute Gasteiger partial charge is 0.354 e. The van der Waals surface area contributed by atoms with Crippen LogP contribution in [-0.2, 0) is 10.8 Å². The molecule has 0 fully saturated rings. The highest BCUT2D eigenvalue weighted by Crippen LogP contribution is 2.41. The quantitative estimate of drug-likeness (QED) is 0.202. The monoisotopic (exact) mass is 637 g/mol. The van der Waals surface area contributed by atoms with E-state index < -0.39 is 0 Å². The fourth-order valence-corrected chi connectivity index (χ4v) is 7.30. The van der Waals surface area contributed by atoms with E-state index in [9.17, 15) is 0 Å². The number of nitrogens with zero attached hydrogens (tertiary/aromatic N) is 3. The number of rotatable bonds is 3. The van der Waals surface area contributed by atoms with E-state index in [1.54, 1.807) is 0 Å². The zero-order valence-corrected chi connectivity index (χ0v) is 28.8. The Hall–Kier alpha value is -5.68. The van der Waals surface area contributed by atoms with Crippen LogP contribution in [0.15, 0.2) is 115 Å². The van der Waals surface area contributed by atoms with Crippen molar-refractivity contribution in [1.29, 1.82) is 0 Å². The molecule has 49 heavy (non-hydrogen) atoms. The molecule has 0 unspecified atom stereocenters. The van der Waals surface area contributed by atoms with Crippen molar-refractivity contribution >= 4 is 54.5 Å². The van der Waals surface area contributed by atoms with Gasteiger partial charge in [0.25, 0.3) is 0 Å². The standard InChI is InChI=1S/C44H39N5/c1-43(2,3)26-21-22-37-32(23-26)33-24-27(44(4,5)6)25-34(41(33)47-37)42-31-14-8-10-19-38(31)49(48-42)39-20-12-18-36(45-39)30-16-11-15-29-28-13-7-9-17-35(28)46-40(29)30/h7-25,46-47H,1-6H3. The third-order valence-corrected chi connectivity index (χ3v) is 10.1. The van der Waals surface area contributed by atoms with Crippen LogP contribution in [0.5, 0.6) is 0 Å². The number of fused-ring (bicyclic) bond motifs is 7. The first-order valence-electron chi connectivity index (χ1n) is 17.1. The third kappa shape index (κ3) is 4.67. The highest BCUT2D eigenvalue weighted by molar-refractivity contribution is 6.14. The van der Waals surface area contributed by atoms with Gasteiger partial charge in [-0.2, -0.15) is 5.10 Å². The molecular weight excluding hydrogens is 599 g/mol. The molecule has 0 spiro atoms. The molecule has 9 aromatic rings. The molecule has 5 nitrogen and oxygen atoms in total. The van der Waals surface area contributed by atoms with Crippen molar-refractivity contribution in [3.05, 3.63) is 126 Å². The SMILES string of the molecule is CC(C)(C)c1ccc2[nH]c3c(-c4nn(-c5cccc(-c6cccc7c6[nH]c6ccccc67)n5)c5ccccc45)cc(C(C)(C)C)cc3c2c1. The Morgan fingerprint density at radius 2 is 1.16 bits per heavy atom. The lowest BCUT2D eigenvalue weighted by molar-refractivity contribution is 0.590. The Bertz CT molecular complexity index is 2740. The molecular formula is C44H39N5. The minimum absolute atomic E-state index is 0.0495. The van der Waals surface area contributed by atoms with Gasteiger partial charge in [0.15, 0.2) is 5.82 Å². The lowest BCUT2D eigenvalue weighted by Gasteiger charge is -2.21. The predicted molar refractivity (Wildman–Crippen MR) is 206 cm³/mol. The molecule has 2 N–H and O–H groups in total. The van der Waals surface area contributed by atoms with Crippen molar-refractivity contribution < 1.29 is 0 Å². The minimum atomic E-state index is -0.0495. The molecule has 5 heteroatoms. The molecule has 0 aliphatic heterocycles. The normalized spacial score (nSPS) is 12.7. The van der Waals surface area contributed by atoms with Crippen molar-refractivity contribution in [2.24, 2.45) is 0 Å². The summed E-state index contributed by atoms with van der Waals surface area (Å²) in [6, 6.07) is 41.2. The van der Waals surface area contributed by atoms with E-state index in [1.807, 2.05) is 4.68 Å². The zero-order valence-electron chi connectivity index (χ0n) is 28.8. The molecule has 0 radical (unpaired) electrons. The number of aromatic nitrogens is 5. The lowest BCUT2D eigenvalue weighted by atomic mass is 9.83. The Kier molecular flexibility index (Phi) is 6.26. The molecule has 0 saturated carbocycles. The van der Waals surface area contributed by atoms with Gasteiger partial charge in [0, 0.05) is 49.1 Å². The lowest BCUT2D eigenvalue weighted by Crippen LogP contribution is -2.11. The van der Waals surface area contributed by atoms with E-state index >= 15 is 0 Å². The zero-order chi connectivity index (χ0) is 33.7. The van der Waals surface area contributed by atoms with Gasteiger partial charge in [0.2, 0.25) is 0 Å². The van der Waals surface area contributed by atoms with Gasteiger partial charge in [-0.3, -0.25) is 0 Å². The van der Waals surface area contributed by atoms with Crippen molar-refractivity contribution in [1.82, 2.24) is 24.7 Å².